The van der Waals surface area contributed by atoms with Crippen molar-refractivity contribution in [1.82, 2.24) is 5.43 Å². The molecule has 1 N–H and O–H groups in total. The van der Waals surface area contributed by atoms with Gasteiger partial charge in [-0.15, -0.1) is 0 Å². The van der Waals surface area contributed by atoms with Crippen molar-refractivity contribution in [2.24, 2.45) is 5.10 Å². The van der Waals surface area contributed by atoms with Crippen LogP contribution >= 0.6 is 0 Å². The average molecular weight is 407 g/mol. The lowest BCUT2D eigenvalue weighted by molar-refractivity contribution is 0.0955. The zero-order valence-electron chi connectivity index (χ0n) is 16.1. The lowest BCUT2D eigenvalue weighted by Crippen LogP contribution is -2.26. The van der Waals surface area contributed by atoms with Crippen LogP contribution in [0.3, 0.4) is 0 Å². The van der Waals surface area contributed by atoms with Crippen molar-refractivity contribution in [3.63, 3.8) is 0 Å². The fourth-order valence-corrected chi connectivity index (χ4v) is 3.81. The Morgan fingerprint density at radius 2 is 1.55 bits per heavy atom. The first kappa shape index (κ1) is 20.3. The molecule has 0 unspecified atom stereocenters. The number of hydrogen-bond donors (Lipinski definition) is 1. The first-order valence-electron chi connectivity index (χ1n) is 8.92. The molecule has 3 aromatic carbocycles. The molecule has 0 spiro atoms. The molecule has 0 heterocycles. The van der Waals surface area contributed by atoms with Gasteiger partial charge in [-0.3, -0.25) is 9.10 Å². The van der Waals surface area contributed by atoms with E-state index in [2.05, 4.69) is 10.5 Å². The zero-order chi connectivity index (χ0) is 20.9. The van der Waals surface area contributed by atoms with Crippen LogP contribution in [0.5, 0.6) is 0 Å². The van der Waals surface area contributed by atoms with Gasteiger partial charge in [-0.1, -0.05) is 48.0 Å². The van der Waals surface area contributed by atoms with Crippen LogP contribution < -0.4 is 9.73 Å². The third kappa shape index (κ3) is 4.89. The van der Waals surface area contributed by atoms with Crippen molar-refractivity contribution in [2.45, 2.75) is 11.8 Å². The second-order valence-electron chi connectivity index (χ2n) is 6.44. The predicted octanol–water partition coefficient (Wildman–Crippen LogP) is 3.58. The Kier molecular flexibility index (Phi) is 6.09. The molecule has 148 valence electrons. The van der Waals surface area contributed by atoms with Crippen LogP contribution in [0, 0.1) is 6.92 Å². The summed E-state index contributed by atoms with van der Waals surface area (Å²) in [6.07, 6.45) is 1.56. The van der Waals surface area contributed by atoms with E-state index in [4.69, 9.17) is 0 Å². The molecule has 0 saturated carbocycles. The smallest absolute Gasteiger partial charge is 0.269 e. The van der Waals surface area contributed by atoms with E-state index in [0.29, 0.717) is 11.3 Å². The zero-order valence-corrected chi connectivity index (χ0v) is 16.9. The predicted molar refractivity (Wildman–Crippen MR) is 115 cm³/mol. The van der Waals surface area contributed by atoms with Gasteiger partial charge in [-0.05, 0) is 48.9 Å². The molecule has 0 aliphatic heterocycles. The van der Waals surface area contributed by atoms with Gasteiger partial charge in [0, 0.05) is 12.6 Å². The highest BCUT2D eigenvalue weighted by molar-refractivity contribution is 7.92. The van der Waals surface area contributed by atoms with Crippen LogP contribution in [0.15, 0.2) is 88.9 Å². The van der Waals surface area contributed by atoms with Gasteiger partial charge in [0.2, 0.25) is 0 Å². The quantitative estimate of drug-likeness (QED) is 0.501. The Balaban J connectivity index is 1.67. The molecule has 3 rings (SSSR count). The second kappa shape index (κ2) is 8.70. The molecule has 0 saturated heterocycles. The van der Waals surface area contributed by atoms with Crippen LogP contribution in [0.25, 0.3) is 0 Å². The van der Waals surface area contributed by atoms with Gasteiger partial charge in [0.25, 0.3) is 15.9 Å². The molecule has 3 aromatic rings. The Labute approximate surface area is 170 Å². The van der Waals surface area contributed by atoms with E-state index in [1.165, 1.54) is 11.4 Å². The number of sulfonamides is 1. The number of hydrogen-bond acceptors (Lipinski definition) is 4. The summed E-state index contributed by atoms with van der Waals surface area (Å²) in [5.74, 6) is -0.381. The summed E-state index contributed by atoms with van der Waals surface area (Å²) >= 11 is 0. The molecule has 0 aliphatic rings. The van der Waals surface area contributed by atoms with Gasteiger partial charge in [0.15, 0.2) is 0 Å². The number of amides is 1. The Hall–Kier alpha value is -3.45. The molecular formula is C22H21N3O3S. The average Bonchev–Trinajstić information content (AvgIpc) is 2.75. The van der Waals surface area contributed by atoms with Crippen LogP contribution in [0.2, 0.25) is 0 Å². The summed E-state index contributed by atoms with van der Waals surface area (Å²) in [4.78, 5) is 12.4. The van der Waals surface area contributed by atoms with Gasteiger partial charge in [-0.25, -0.2) is 13.8 Å². The van der Waals surface area contributed by atoms with Gasteiger partial charge in [-0.2, -0.15) is 5.10 Å². The molecule has 0 fully saturated rings. The summed E-state index contributed by atoms with van der Waals surface area (Å²) in [6.45, 7) is 1.99. The third-order valence-corrected chi connectivity index (χ3v) is 6.15. The Morgan fingerprint density at radius 3 is 2.17 bits per heavy atom. The van der Waals surface area contributed by atoms with Crippen LogP contribution in [0.4, 0.5) is 5.69 Å². The highest BCUT2D eigenvalue weighted by Crippen LogP contribution is 2.22. The minimum Gasteiger partial charge on any atom is -0.269 e. The van der Waals surface area contributed by atoms with E-state index in [9.17, 15) is 13.2 Å². The number of nitrogens with one attached hydrogen (secondary N) is 1. The standard InChI is InChI=1S/C22H21N3O3S/c1-17-8-10-18(11-9-17)16-23-24-22(26)19-12-14-20(15-13-19)25(2)29(27,28)21-6-4-3-5-7-21/h3-16H,1-2H3,(H,24,26)/b23-16-. The number of carbonyl (C=O) groups excluding carboxylic acids is 1. The fourth-order valence-electron chi connectivity index (χ4n) is 2.59. The molecule has 0 atom stereocenters. The van der Waals surface area contributed by atoms with Crippen molar-refractivity contribution in [3.8, 4) is 0 Å². The summed E-state index contributed by atoms with van der Waals surface area (Å²) < 4.78 is 26.5. The van der Waals surface area contributed by atoms with Crippen LogP contribution in [0.1, 0.15) is 21.5 Å². The summed E-state index contributed by atoms with van der Waals surface area (Å²) in [7, 11) is -2.19. The lowest BCUT2D eigenvalue weighted by atomic mass is 10.2. The number of rotatable bonds is 6. The van der Waals surface area contributed by atoms with Gasteiger partial charge in [0.05, 0.1) is 16.8 Å². The van der Waals surface area contributed by atoms with E-state index >= 15 is 0 Å². The summed E-state index contributed by atoms with van der Waals surface area (Å²) in [5.41, 5.74) is 5.31. The number of nitrogens with zero attached hydrogens (tertiary/aromatic N) is 2. The Morgan fingerprint density at radius 1 is 0.931 bits per heavy atom. The molecule has 0 radical (unpaired) electrons. The van der Waals surface area contributed by atoms with Crippen LogP contribution in [-0.2, 0) is 10.0 Å². The molecule has 0 aromatic heterocycles. The van der Waals surface area contributed by atoms with Crippen molar-refractivity contribution in [1.29, 1.82) is 0 Å². The Bertz CT molecular complexity index is 1110. The van der Waals surface area contributed by atoms with Crippen molar-refractivity contribution < 1.29 is 13.2 Å². The number of carbonyl (C=O) groups is 1. The number of benzene rings is 3. The number of aryl methyl sites for hydroxylation is 1. The van der Waals surface area contributed by atoms with Crippen LogP contribution in [-0.4, -0.2) is 27.6 Å². The molecule has 0 aliphatic carbocycles. The normalized spacial score (nSPS) is 11.4. The third-order valence-electron chi connectivity index (χ3n) is 4.35. The summed E-state index contributed by atoms with van der Waals surface area (Å²) in [6, 6.07) is 22.2. The highest BCUT2D eigenvalue weighted by Gasteiger charge is 2.21. The van der Waals surface area contributed by atoms with Crippen molar-refractivity contribution >= 4 is 27.8 Å². The SMILES string of the molecule is Cc1ccc(/C=N\NC(=O)c2ccc(N(C)S(=O)(=O)c3ccccc3)cc2)cc1. The summed E-state index contributed by atoms with van der Waals surface area (Å²) in [5, 5.41) is 3.95. The molecule has 7 heteroatoms. The maximum Gasteiger partial charge on any atom is 0.271 e. The first-order chi connectivity index (χ1) is 13.9. The topological polar surface area (TPSA) is 78.8 Å². The van der Waals surface area contributed by atoms with Gasteiger partial charge >= 0.3 is 0 Å². The van der Waals surface area contributed by atoms with Gasteiger partial charge in [0.1, 0.15) is 0 Å². The monoisotopic (exact) mass is 407 g/mol. The highest BCUT2D eigenvalue weighted by atomic mass is 32.2. The number of hydrazone groups is 1. The van der Waals surface area contributed by atoms with E-state index in [-0.39, 0.29) is 10.8 Å². The lowest BCUT2D eigenvalue weighted by Gasteiger charge is -2.19. The molecule has 29 heavy (non-hydrogen) atoms. The molecule has 1 amide bonds. The number of anilines is 1. The fraction of sp³-hybridized carbons (Fsp3) is 0.0909. The maximum absolute atomic E-state index is 12.7. The van der Waals surface area contributed by atoms with Crippen molar-refractivity contribution in [2.75, 3.05) is 11.4 Å². The second-order valence-corrected chi connectivity index (χ2v) is 8.41. The molecule has 6 nitrogen and oxygen atoms in total. The minimum absolute atomic E-state index is 0.203. The minimum atomic E-state index is -3.66. The molecular weight excluding hydrogens is 386 g/mol. The molecule has 0 bridgehead atoms. The van der Waals surface area contributed by atoms with E-state index in [0.717, 1.165) is 11.1 Å². The largest absolute Gasteiger partial charge is 0.271 e. The van der Waals surface area contributed by atoms with Crippen molar-refractivity contribution in [3.05, 3.63) is 95.6 Å². The van der Waals surface area contributed by atoms with Gasteiger partial charge < -0.3 is 0 Å². The maximum atomic E-state index is 12.7. The van der Waals surface area contributed by atoms with E-state index in [1.807, 2.05) is 31.2 Å². The van der Waals surface area contributed by atoms with E-state index < -0.39 is 10.0 Å². The first-order valence-corrected chi connectivity index (χ1v) is 10.4. The van der Waals surface area contributed by atoms with E-state index in [1.54, 1.807) is 60.8 Å².